The summed E-state index contributed by atoms with van der Waals surface area (Å²) in [4.78, 5) is 26.6. The number of carbonyl (C=O) groups is 2. The molecule has 2 heterocycles. The van der Waals surface area contributed by atoms with Crippen LogP contribution in [-0.4, -0.2) is 36.3 Å². The molecular weight excluding hydrogens is 316 g/mol. The molecule has 2 amide bonds. The van der Waals surface area contributed by atoms with Crippen molar-refractivity contribution < 1.29 is 14.0 Å². The molecular formula is C20H30N2O3. The number of piperidine rings is 1. The number of nitrogens with one attached hydrogen (secondary N) is 1. The number of hydrogen-bond acceptors (Lipinski definition) is 3. The fourth-order valence-corrected chi connectivity index (χ4v) is 4.06. The second-order valence-corrected chi connectivity index (χ2v) is 7.59. The van der Waals surface area contributed by atoms with Crippen LogP contribution in [-0.2, 0) is 16.0 Å². The number of carbonyl (C=O) groups excluding carboxylic acids is 2. The third-order valence-electron chi connectivity index (χ3n) is 5.54. The Kier molecular flexibility index (Phi) is 6.16. The minimum Gasteiger partial charge on any atom is -0.466 e. The van der Waals surface area contributed by atoms with Gasteiger partial charge in [-0.2, -0.15) is 0 Å². The van der Waals surface area contributed by atoms with E-state index in [0.29, 0.717) is 38.3 Å². The van der Waals surface area contributed by atoms with Crippen molar-refractivity contribution in [2.24, 2.45) is 11.8 Å². The van der Waals surface area contributed by atoms with E-state index < -0.39 is 0 Å². The second kappa shape index (κ2) is 8.54. The molecule has 0 radical (unpaired) electrons. The van der Waals surface area contributed by atoms with Crippen molar-refractivity contribution >= 4 is 11.8 Å². The Morgan fingerprint density at radius 3 is 2.76 bits per heavy atom. The third-order valence-corrected chi connectivity index (χ3v) is 5.54. The molecule has 1 saturated carbocycles. The lowest BCUT2D eigenvalue weighted by Gasteiger charge is -2.35. The maximum atomic E-state index is 12.5. The molecule has 25 heavy (non-hydrogen) atoms. The van der Waals surface area contributed by atoms with Gasteiger partial charge in [0.15, 0.2) is 0 Å². The van der Waals surface area contributed by atoms with Gasteiger partial charge in [-0.05, 0) is 44.2 Å². The van der Waals surface area contributed by atoms with Gasteiger partial charge in [-0.1, -0.05) is 19.3 Å². The topological polar surface area (TPSA) is 62.6 Å². The average Bonchev–Trinajstić information content (AvgIpc) is 3.03. The van der Waals surface area contributed by atoms with E-state index >= 15 is 0 Å². The zero-order valence-electron chi connectivity index (χ0n) is 15.3. The summed E-state index contributed by atoms with van der Waals surface area (Å²) >= 11 is 0. The maximum absolute atomic E-state index is 12.5. The zero-order chi connectivity index (χ0) is 17.6. The summed E-state index contributed by atoms with van der Waals surface area (Å²) < 4.78 is 5.52. The molecule has 1 unspecified atom stereocenters. The van der Waals surface area contributed by atoms with Crippen molar-refractivity contribution in [3.8, 4) is 0 Å². The first-order valence-corrected chi connectivity index (χ1v) is 9.72. The predicted octanol–water partition coefficient (Wildman–Crippen LogP) is 3.07. The van der Waals surface area contributed by atoms with Gasteiger partial charge in [0, 0.05) is 32.5 Å². The number of amides is 2. The van der Waals surface area contributed by atoms with E-state index in [0.717, 1.165) is 18.1 Å². The summed E-state index contributed by atoms with van der Waals surface area (Å²) in [7, 11) is 0. The van der Waals surface area contributed by atoms with Crippen LogP contribution in [0.25, 0.3) is 0 Å². The molecule has 5 nitrogen and oxygen atoms in total. The van der Waals surface area contributed by atoms with Gasteiger partial charge >= 0.3 is 0 Å². The molecule has 0 bridgehead atoms. The molecule has 1 atom stereocenters. The van der Waals surface area contributed by atoms with Gasteiger partial charge in [0.1, 0.15) is 11.5 Å². The first-order valence-electron chi connectivity index (χ1n) is 9.72. The monoisotopic (exact) mass is 346 g/mol. The van der Waals surface area contributed by atoms with Gasteiger partial charge in [-0.15, -0.1) is 0 Å². The number of hydrogen-bond donors (Lipinski definition) is 1. The quantitative estimate of drug-likeness (QED) is 0.861. The van der Waals surface area contributed by atoms with Gasteiger partial charge in [-0.3, -0.25) is 9.59 Å². The Morgan fingerprint density at radius 2 is 2.04 bits per heavy atom. The Balaban J connectivity index is 1.44. The fraction of sp³-hybridized carbons (Fsp3) is 0.700. The van der Waals surface area contributed by atoms with Crippen LogP contribution in [0.1, 0.15) is 56.5 Å². The van der Waals surface area contributed by atoms with Crippen LogP contribution >= 0.6 is 0 Å². The molecule has 1 N–H and O–H groups in total. The summed E-state index contributed by atoms with van der Waals surface area (Å²) in [5.41, 5.74) is 0. The average molecular weight is 346 g/mol. The van der Waals surface area contributed by atoms with Crippen LogP contribution in [0.3, 0.4) is 0 Å². The Labute approximate surface area is 150 Å². The van der Waals surface area contributed by atoms with E-state index in [9.17, 15) is 9.59 Å². The molecule has 0 spiro atoms. The molecule has 2 aliphatic rings. The highest BCUT2D eigenvalue weighted by atomic mass is 16.3. The third kappa shape index (κ3) is 5.10. The Hall–Kier alpha value is -1.78. The smallest absolute Gasteiger partial charge is 0.224 e. The van der Waals surface area contributed by atoms with Crippen molar-refractivity contribution in [1.82, 2.24) is 10.2 Å². The first kappa shape index (κ1) is 18.0. The van der Waals surface area contributed by atoms with E-state index in [-0.39, 0.29) is 17.7 Å². The van der Waals surface area contributed by atoms with Gasteiger partial charge in [-0.25, -0.2) is 0 Å². The zero-order valence-corrected chi connectivity index (χ0v) is 15.3. The van der Waals surface area contributed by atoms with Crippen molar-refractivity contribution in [2.45, 2.75) is 58.3 Å². The first-order chi connectivity index (χ1) is 12.1. The molecule has 1 aromatic heterocycles. The summed E-state index contributed by atoms with van der Waals surface area (Å²) in [5.74, 6) is 2.65. The van der Waals surface area contributed by atoms with E-state index in [1.807, 2.05) is 24.0 Å². The van der Waals surface area contributed by atoms with Crippen molar-refractivity contribution in [2.75, 3.05) is 19.6 Å². The minimum absolute atomic E-state index is 0.0698. The Morgan fingerprint density at radius 1 is 1.24 bits per heavy atom. The van der Waals surface area contributed by atoms with Crippen LogP contribution in [0.5, 0.6) is 0 Å². The number of aryl methyl sites for hydroxylation is 1. The van der Waals surface area contributed by atoms with Crippen molar-refractivity contribution in [1.29, 1.82) is 0 Å². The molecule has 5 heteroatoms. The number of rotatable bonds is 6. The van der Waals surface area contributed by atoms with Gasteiger partial charge in [0.25, 0.3) is 0 Å². The van der Waals surface area contributed by atoms with Crippen LogP contribution in [0.2, 0.25) is 0 Å². The lowest BCUT2D eigenvalue weighted by molar-refractivity contribution is -0.139. The summed E-state index contributed by atoms with van der Waals surface area (Å²) in [6.45, 7) is 3.93. The van der Waals surface area contributed by atoms with Gasteiger partial charge < -0.3 is 14.6 Å². The van der Waals surface area contributed by atoms with Gasteiger partial charge in [0.2, 0.25) is 11.8 Å². The van der Waals surface area contributed by atoms with E-state index in [4.69, 9.17) is 4.42 Å². The molecule has 1 aliphatic carbocycles. The maximum Gasteiger partial charge on any atom is 0.224 e. The van der Waals surface area contributed by atoms with E-state index in [2.05, 4.69) is 5.32 Å². The van der Waals surface area contributed by atoms with E-state index in [1.54, 1.807) is 0 Å². The molecule has 1 aromatic rings. The molecule has 2 fully saturated rings. The molecule has 1 aliphatic heterocycles. The lowest BCUT2D eigenvalue weighted by Crippen LogP contribution is -2.47. The van der Waals surface area contributed by atoms with Crippen molar-refractivity contribution in [3.05, 3.63) is 23.7 Å². The van der Waals surface area contributed by atoms with Crippen LogP contribution in [0.4, 0.5) is 0 Å². The highest BCUT2D eigenvalue weighted by Gasteiger charge is 2.31. The molecule has 1 saturated heterocycles. The van der Waals surface area contributed by atoms with Crippen LogP contribution in [0.15, 0.2) is 16.5 Å². The highest BCUT2D eigenvalue weighted by molar-refractivity contribution is 5.83. The van der Waals surface area contributed by atoms with Crippen LogP contribution < -0.4 is 5.32 Å². The van der Waals surface area contributed by atoms with Crippen LogP contribution in [0, 0.1) is 18.8 Å². The summed E-state index contributed by atoms with van der Waals surface area (Å²) in [5, 5.41) is 3.01. The standard InChI is InChI=1S/C20H30N2O3/c1-15-7-9-18(25-15)11-12-21-20(24)17-8-10-19(23)22(14-17)13-16-5-3-2-4-6-16/h7,9,16-17H,2-6,8,10-14H2,1H3,(H,21,24). The summed E-state index contributed by atoms with van der Waals surface area (Å²) in [6, 6.07) is 3.89. The molecule has 138 valence electrons. The fourth-order valence-electron chi connectivity index (χ4n) is 4.06. The molecule has 0 aromatic carbocycles. The highest BCUT2D eigenvalue weighted by Crippen LogP contribution is 2.27. The molecule has 3 rings (SSSR count). The Bertz CT molecular complexity index is 590. The largest absolute Gasteiger partial charge is 0.466 e. The number of likely N-dealkylation sites (tertiary alicyclic amines) is 1. The summed E-state index contributed by atoms with van der Waals surface area (Å²) in [6.07, 6.45) is 8.22. The normalized spacial score (nSPS) is 22.2. The van der Waals surface area contributed by atoms with Crippen molar-refractivity contribution in [3.63, 3.8) is 0 Å². The van der Waals surface area contributed by atoms with Gasteiger partial charge in [0.05, 0.1) is 5.92 Å². The number of nitrogens with zero attached hydrogens (tertiary/aromatic N) is 1. The second-order valence-electron chi connectivity index (χ2n) is 7.59. The predicted molar refractivity (Wildman–Crippen MR) is 96.0 cm³/mol. The lowest BCUT2D eigenvalue weighted by atomic mass is 9.87. The SMILES string of the molecule is Cc1ccc(CCNC(=O)C2CCC(=O)N(CC3CCCCC3)C2)o1. The van der Waals surface area contributed by atoms with E-state index in [1.165, 1.54) is 32.1 Å². The number of furan rings is 1. The minimum atomic E-state index is -0.0698.